The van der Waals surface area contributed by atoms with Crippen molar-refractivity contribution in [2.45, 2.75) is 38.8 Å². The van der Waals surface area contributed by atoms with Crippen LogP contribution in [0, 0.1) is 0 Å². The molecule has 5 nitrogen and oxygen atoms in total. The normalized spacial score (nSPS) is 12.4. The van der Waals surface area contributed by atoms with Gasteiger partial charge >= 0.3 is 6.09 Å². The molecule has 2 aromatic rings. The van der Waals surface area contributed by atoms with Crippen molar-refractivity contribution in [3.63, 3.8) is 0 Å². The molecule has 0 unspecified atom stereocenters. The lowest BCUT2D eigenvalue weighted by atomic mass is 10.0. The Morgan fingerprint density at radius 3 is 2.46 bits per heavy atom. The van der Waals surface area contributed by atoms with E-state index in [4.69, 9.17) is 16.3 Å². The molecule has 0 bridgehead atoms. The van der Waals surface area contributed by atoms with E-state index in [9.17, 15) is 9.90 Å². The number of β-amino-alcohol motifs (C(OH)–C–C–N with tert-alkyl or cyclic N) is 1. The van der Waals surface area contributed by atoms with Crippen LogP contribution in [0.5, 0.6) is 0 Å². The van der Waals surface area contributed by atoms with E-state index in [1.807, 2.05) is 52.1 Å². The van der Waals surface area contributed by atoms with E-state index in [0.29, 0.717) is 17.0 Å². The zero-order valence-corrected chi connectivity index (χ0v) is 17.7. The number of nitrogens with one attached hydrogen (secondary N) is 1. The molecule has 2 N–H and O–H groups in total. The van der Waals surface area contributed by atoms with Crippen molar-refractivity contribution in [2.24, 2.45) is 0 Å². The summed E-state index contributed by atoms with van der Waals surface area (Å²) in [6, 6.07) is 15.0. The van der Waals surface area contributed by atoms with Crippen LogP contribution in [0.15, 0.2) is 48.5 Å². The van der Waals surface area contributed by atoms with Crippen LogP contribution in [0.2, 0.25) is 5.02 Å². The second kappa shape index (κ2) is 9.80. The first-order valence-electron chi connectivity index (χ1n) is 9.35. The Bertz CT molecular complexity index is 772. The van der Waals surface area contributed by atoms with Crippen LogP contribution in [0.3, 0.4) is 0 Å². The van der Waals surface area contributed by atoms with Crippen molar-refractivity contribution >= 4 is 23.4 Å². The molecule has 0 aromatic heterocycles. The Balaban J connectivity index is 1.96. The van der Waals surface area contributed by atoms with Crippen molar-refractivity contribution in [2.75, 3.05) is 25.5 Å². The average molecular weight is 405 g/mol. The van der Waals surface area contributed by atoms with Crippen molar-refractivity contribution in [3.05, 3.63) is 64.7 Å². The van der Waals surface area contributed by atoms with Crippen LogP contribution < -0.4 is 5.32 Å². The molecule has 0 aliphatic heterocycles. The Hall–Kier alpha value is -2.24. The number of amides is 1. The third kappa shape index (κ3) is 6.43. The van der Waals surface area contributed by atoms with Crippen molar-refractivity contribution in [1.82, 2.24) is 4.90 Å². The third-order valence-electron chi connectivity index (χ3n) is 4.48. The highest BCUT2D eigenvalue weighted by molar-refractivity contribution is 6.30. The van der Waals surface area contributed by atoms with Gasteiger partial charge in [0.15, 0.2) is 0 Å². The minimum absolute atomic E-state index is 0.125. The molecule has 28 heavy (non-hydrogen) atoms. The molecular weight excluding hydrogens is 376 g/mol. The molecule has 0 aliphatic rings. The van der Waals surface area contributed by atoms with Crippen LogP contribution in [-0.4, -0.2) is 41.8 Å². The molecule has 0 radical (unpaired) electrons. The van der Waals surface area contributed by atoms with Gasteiger partial charge in [-0.15, -0.1) is 0 Å². The fourth-order valence-electron chi connectivity index (χ4n) is 2.79. The van der Waals surface area contributed by atoms with Gasteiger partial charge in [0.05, 0.1) is 19.3 Å². The lowest BCUT2D eigenvalue weighted by molar-refractivity contribution is 0.0368. The van der Waals surface area contributed by atoms with Gasteiger partial charge in [-0.1, -0.05) is 35.9 Å². The Morgan fingerprint density at radius 1 is 1.21 bits per heavy atom. The molecule has 0 fully saturated rings. The largest absolute Gasteiger partial charge is 0.449 e. The van der Waals surface area contributed by atoms with Crippen molar-refractivity contribution < 1.29 is 14.6 Å². The molecule has 1 amide bonds. The molecule has 0 saturated carbocycles. The number of aliphatic hydroxyl groups excluding tert-OH is 1. The standard InChI is InChI=1S/C22H29ClN2O3/c1-22(2,3)25(15-20(26)17-6-5-7-18(23)14-17)21(27)28-13-12-16-8-10-19(24-4)11-9-16/h5-11,14,20,24,26H,12-13,15H2,1-4H3/t20-/m0/s1. The number of hydrogen-bond acceptors (Lipinski definition) is 4. The fraction of sp³-hybridized carbons (Fsp3) is 0.409. The minimum Gasteiger partial charge on any atom is -0.449 e. The predicted molar refractivity (Wildman–Crippen MR) is 114 cm³/mol. The first-order valence-corrected chi connectivity index (χ1v) is 9.73. The maximum atomic E-state index is 12.7. The van der Waals surface area contributed by atoms with Crippen LogP contribution in [-0.2, 0) is 11.2 Å². The number of benzene rings is 2. The third-order valence-corrected chi connectivity index (χ3v) is 4.71. The van der Waals surface area contributed by atoms with Gasteiger partial charge in [-0.25, -0.2) is 4.79 Å². The molecule has 2 aromatic carbocycles. The summed E-state index contributed by atoms with van der Waals surface area (Å²) in [6.45, 7) is 6.14. The molecule has 0 saturated heterocycles. The second-order valence-electron chi connectivity index (χ2n) is 7.66. The number of aliphatic hydroxyl groups is 1. The Morgan fingerprint density at radius 2 is 1.89 bits per heavy atom. The number of carbonyl (C=O) groups is 1. The maximum Gasteiger partial charge on any atom is 0.410 e. The highest BCUT2D eigenvalue weighted by Gasteiger charge is 2.30. The van der Waals surface area contributed by atoms with Gasteiger partial charge in [-0.05, 0) is 56.2 Å². The van der Waals surface area contributed by atoms with Gasteiger partial charge in [-0.2, -0.15) is 0 Å². The van der Waals surface area contributed by atoms with Gasteiger partial charge < -0.3 is 20.1 Å². The maximum absolute atomic E-state index is 12.7. The minimum atomic E-state index is -0.848. The number of anilines is 1. The number of carbonyl (C=O) groups excluding carboxylic acids is 1. The van der Waals surface area contributed by atoms with Gasteiger partial charge in [0.25, 0.3) is 0 Å². The molecule has 0 spiro atoms. The Labute approximate surface area is 172 Å². The number of ether oxygens (including phenoxy) is 1. The van der Waals surface area contributed by atoms with Crippen molar-refractivity contribution in [3.8, 4) is 0 Å². The van der Waals surface area contributed by atoms with E-state index in [1.165, 1.54) is 0 Å². The van der Waals surface area contributed by atoms with E-state index in [2.05, 4.69) is 5.32 Å². The monoisotopic (exact) mass is 404 g/mol. The number of rotatable bonds is 7. The summed E-state index contributed by atoms with van der Waals surface area (Å²) >= 11 is 6.00. The first kappa shape index (κ1) is 22.1. The van der Waals surface area contributed by atoms with E-state index in [1.54, 1.807) is 29.2 Å². The van der Waals surface area contributed by atoms with E-state index in [-0.39, 0.29) is 13.2 Å². The molecule has 152 valence electrons. The van der Waals surface area contributed by atoms with Crippen molar-refractivity contribution in [1.29, 1.82) is 0 Å². The second-order valence-corrected chi connectivity index (χ2v) is 8.10. The van der Waals surface area contributed by atoms with Crippen LogP contribution in [0.1, 0.15) is 38.0 Å². The lowest BCUT2D eigenvalue weighted by Crippen LogP contribution is -2.48. The molecule has 0 heterocycles. The first-order chi connectivity index (χ1) is 13.2. The summed E-state index contributed by atoms with van der Waals surface area (Å²) in [5.74, 6) is 0. The number of nitrogens with zero attached hydrogens (tertiary/aromatic N) is 1. The van der Waals surface area contributed by atoms with E-state index in [0.717, 1.165) is 11.3 Å². The lowest BCUT2D eigenvalue weighted by Gasteiger charge is -2.36. The summed E-state index contributed by atoms with van der Waals surface area (Å²) in [5, 5.41) is 14.2. The molecule has 6 heteroatoms. The summed E-state index contributed by atoms with van der Waals surface area (Å²) in [6.07, 6.45) is -0.662. The fourth-order valence-corrected chi connectivity index (χ4v) is 2.99. The number of hydrogen-bond donors (Lipinski definition) is 2. The smallest absolute Gasteiger partial charge is 0.410 e. The predicted octanol–water partition coefficient (Wildman–Crippen LogP) is 4.89. The molecule has 0 aliphatic carbocycles. The number of halogens is 1. The summed E-state index contributed by atoms with van der Waals surface area (Å²) in [7, 11) is 1.87. The topological polar surface area (TPSA) is 61.8 Å². The highest BCUT2D eigenvalue weighted by atomic mass is 35.5. The zero-order valence-electron chi connectivity index (χ0n) is 16.9. The average Bonchev–Trinajstić information content (AvgIpc) is 2.65. The van der Waals surface area contributed by atoms with Crippen LogP contribution >= 0.6 is 11.6 Å². The SMILES string of the molecule is CNc1ccc(CCOC(=O)N(C[C@H](O)c2cccc(Cl)c2)C(C)(C)C)cc1. The van der Waals surface area contributed by atoms with Crippen LogP contribution in [0.4, 0.5) is 10.5 Å². The van der Waals surface area contributed by atoms with E-state index < -0.39 is 17.7 Å². The molecule has 2 rings (SSSR count). The quantitative estimate of drug-likeness (QED) is 0.689. The van der Waals surface area contributed by atoms with E-state index >= 15 is 0 Å². The van der Waals surface area contributed by atoms with Gasteiger partial charge in [0, 0.05) is 29.7 Å². The van der Waals surface area contributed by atoms with Gasteiger partial charge in [0.2, 0.25) is 0 Å². The highest BCUT2D eigenvalue weighted by Crippen LogP contribution is 2.23. The zero-order chi connectivity index (χ0) is 20.7. The molecular formula is C22H29ClN2O3. The van der Waals surface area contributed by atoms with Gasteiger partial charge in [-0.3, -0.25) is 0 Å². The Kier molecular flexibility index (Phi) is 7.72. The summed E-state index contributed by atoms with van der Waals surface area (Å²) in [4.78, 5) is 14.2. The summed E-state index contributed by atoms with van der Waals surface area (Å²) < 4.78 is 5.49. The molecule has 1 atom stereocenters. The summed E-state index contributed by atoms with van der Waals surface area (Å²) in [5.41, 5.74) is 2.30. The van der Waals surface area contributed by atoms with Crippen LogP contribution in [0.25, 0.3) is 0 Å². The van der Waals surface area contributed by atoms with Gasteiger partial charge in [0.1, 0.15) is 0 Å².